The molecule has 0 saturated carbocycles. The summed E-state index contributed by atoms with van der Waals surface area (Å²) in [6, 6.07) is 0. The molecular formula is C9H17FN2O2. The van der Waals surface area contributed by atoms with Crippen LogP contribution in [0.5, 0.6) is 0 Å². The molecule has 1 heterocycles. The van der Waals surface area contributed by atoms with Crippen molar-refractivity contribution in [1.82, 2.24) is 10.0 Å². The van der Waals surface area contributed by atoms with Gasteiger partial charge in [0.1, 0.15) is 5.60 Å². The molecule has 0 N–H and O–H groups in total. The van der Waals surface area contributed by atoms with Crippen LogP contribution in [0.2, 0.25) is 0 Å². The Hall–Kier alpha value is -0.840. The number of rotatable bonds is 0. The zero-order valence-corrected chi connectivity index (χ0v) is 8.92. The molecule has 0 unspecified atom stereocenters. The Morgan fingerprint density at radius 2 is 1.71 bits per heavy atom. The molecular weight excluding hydrogens is 187 g/mol. The van der Waals surface area contributed by atoms with E-state index in [-0.39, 0.29) is 19.2 Å². The van der Waals surface area contributed by atoms with Gasteiger partial charge in [0.2, 0.25) is 0 Å². The Morgan fingerprint density at radius 1 is 1.21 bits per heavy atom. The highest BCUT2D eigenvalue weighted by atomic mass is 19.2. The van der Waals surface area contributed by atoms with Crippen molar-refractivity contribution in [2.45, 2.75) is 26.4 Å². The predicted octanol–water partition coefficient (Wildman–Crippen LogP) is 1.42. The van der Waals surface area contributed by atoms with Crippen molar-refractivity contribution in [3.8, 4) is 0 Å². The lowest BCUT2D eigenvalue weighted by atomic mass is 10.2. The van der Waals surface area contributed by atoms with Crippen molar-refractivity contribution < 1.29 is 14.0 Å². The maximum absolute atomic E-state index is 12.6. The van der Waals surface area contributed by atoms with Crippen LogP contribution >= 0.6 is 0 Å². The first-order valence-electron chi connectivity index (χ1n) is 4.77. The molecule has 0 aromatic carbocycles. The highest BCUT2D eigenvalue weighted by Crippen LogP contribution is 2.11. The molecule has 0 radical (unpaired) electrons. The molecule has 0 spiro atoms. The second-order valence-electron chi connectivity index (χ2n) is 4.38. The second-order valence-corrected chi connectivity index (χ2v) is 4.38. The summed E-state index contributed by atoms with van der Waals surface area (Å²) in [6.45, 7) is 6.76. The van der Waals surface area contributed by atoms with E-state index in [0.29, 0.717) is 18.2 Å². The number of carbonyl (C=O) groups is 1. The van der Waals surface area contributed by atoms with Gasteiger partial charge >= 0.3 is 6.09 Å². The molecule has 0 aromatic rings. The van der Waals surface area contributed by atoms with Crippen molar-refractivity contribution in [1.29, 1.82) is 0 Å². The smallest absolute Gasteiger partial charge is 0.410 e. The number of halogens is 1. The third kappa shape index (κ3) is 3.49. The van der Waals surface area contributed by atoms with E-state index in [4.69, 9.17) is 4.74 Å². The van der Waals surface area contributed by atoms with Crippen LogP contribution in [0.25, 0.3) is 0 Å². The van der Waals surface area contributed by atoms with Gasteiger partial charge in [-0.25, -0.2) is 4.79 Å². The van der Waals surface area contributed by atoms with Gasteiger partial charge in [-0.1, -0.05) is 0 Å². The van der Waals surface area contributed by atoms with E-state index >= 15 is 0 Å². The molecule has 1 fully saturated rings. The van der Waals surface area contributed by atoms with Gasteiger partial charge in [0.15, 0.2) is 0 Å². The first kappa shape index (κ1) is 11.2. The fourth-order valence-corrected chi connectivity index (χ4v) is 1.19. The van der Waals surface area contributed by atoms with Gasteiger partial charge in [-0.2, -0.15) is 0 Å². The first-order valence-corrected chi connectivity index (χ1v) is 4.77. The summed E-state index contributed by atoms with van der Waals surface area (Å²) in [7, 11) is 0. The van der Waals surface area contributed by atoms with E-state index in [1.165, 1.54) is 4.90 Å². The molecule has 0 aliphatic carbocycles. The summed E-state index contributed by atoms with van der Waals surface area (Å²) < 4.78 is 17.8. The average molecular weight is 204 g/mol. The van der Waals surface area contributed by atoms with Gasteiger partial charge in [0.25, 0.3) is 0 Å². The molecule has 0 bridgehead atoms. The zero-order chi connectivity index (χ0) is 10.8. The minimum atomic E-state index is -0.482. The molecule has 1 aliphatic rings. The number of piperazine rings is 1. The van der Waals surface area contributed by atoms with Crippen LogP contribution in [0.15, 0.2) is 0 Å². The van der Waals surface area contributed by atoms with Crippen LogP contribution in [0, 0.1) is 0 Å². The van der Waals surface area contributed by atoms with Crippen LogP contribution in [0.3, 0.4) is 0 Å². The van der Waals surface area contributed by atoms with Crippen LogP contribution in [-0.2, 0) is 4.74 Å². The SMILES string of the molecule is CC(C)(C)OC(=O)N1CCN(F)CC1. The number of carbonyl (C=O) groups excluding carboxylic acids is 1. The van der Waals surface area contributed by atoms with Crippen LogP contribution in [0.1, 0.15) is 20.8 Å². The van der Waals surface area contributed by atoms with Crippen LogP contribution in [-0.4, -0.2) is 47.9 Å². The molecule has 1 rings (SSSR count). The van der Waals surface area contributed by atoms with E-state index < -0.39 is 5.60 Å². The van der Waals surface area contributed by atoms with Gasteiger partial charge in [-0.3, -0.25) is 0 Å². The van der Waals surface area contributed by atoms with E-state index in [1.807, 2.05) is 20.8 Å². The standard InChI is InChI=1S/C9H17FN2O2/c1-9(2,3)14-8(13)11-4-6-12(10)7-5-11/h4-7H2,1-3H3. The summed E-state index contributed by atoms with van der Waals surface area (Å²) in [5.41, 5.74) is -0.482. The lowest BCUT2D eigenvalue weighted by molar-refractivity contribution is -0.0331. The minimum absolute atomic E-state index is 0.263. The molecule has 4 nitrogen and oxygen atoms in total. The molecule has 1 saturated heterocycles. The van der Waals surface area contributed by atoms with Gasteiger partial charge < -0.3 is 9.64 Å². The van der Waals surface area contributed by atoms with Crippen molar-refractivity contribution in [2.24, 2.45) is 0 Å². The van der Waals surface area contributed by atoms with Gasteiger partial charge in [0.05, 0.1) is 0 Å². The molecule has 0 aromatic heterocycles. The number of amides is 1. The fraction of sp³-hybridized carbons (Fsp3) is 0.889. The van der Waals surface area contributed by atoms with E-state index in [9.17, 15) is 9.28 Å². The number of nitrogens with zero attached hydrogens (tertiary/aromatic N) is 2. The molecule has 0 atom stereocenters. The lowest BCUT2D eigenvalue weighted by Gasteiger charge is -2.31. The lowest BCUT2D eigenvalue weighted by Crippen LogP contribution is -2.47. The monoisotopic (exact) mass is 204 g/mol. The predicted molar refractivity (Wildman–Crippen MR) is 50.5 cm³/mol. The Morgan fingerprint density at radius 3 is 2.14 bits per heavy atom. The summed E-state index contributed by atoms with van der Waals surface area (Å²) in [4.78, 5) is 13.0. The van der Waals surface area contributed by atoms with Crippen molar-refractivity contribution >= 4 is 6.09 Å². The highest BCUT2D eigenvalue weighted by Gasteiger charge is 2.25. The van der Waals surface area contributed by atoms with Crippen molar-refractivity contribution in [3.63, 3.8) is 0 Å². The summed E-state index contributed by atoms with van der Waals surface area (Å²) in [6.07, 6.45) is -0.356. The molecule has 1 amide bonds. The topological polar surface area (TPSA) is 32.8 Å². The normalized spacial score (nSPS) is 19.6. The number of ether oxygens (including phenoxy) is 1. The zero-order valence-electron chi connectivity index (χ0n) is 8.92. The maximum Gasteiger partial charge on any atom is 0.410 e. The van der Waals surface area contributed by atoms with Gasteiger partial charge in [-0.15, -0.1) is 9.60 Å². The number of hydrogen-bond donors (Lipinski definition) is 0. The highest BCUT2D eigenvalue weighted by molar-refractivity contribution is 5.68. The van der Waals surface area contributed by atoms with E-state index in [1.54, 1.807) is 0 Å². The van der Waals surface area contributed by atoms with Crippen LogP contribution < -0.4 is 0 Å². The summed E-state index contributed by atoms with van der Waals surface area (Å²) >= 11 is 0. The maximum atomic E-state index is 12.6. The molecule has 82 valence electrons. The molecule has 1 aliphatic heterocycles. The largest absolute Gasteiger partial charge is 0.444 e. The minimum Gasteiger partial charge on any atom is -0.444 e. The van der Waals surface area contributed by atoms with Crippen LogP contribution in [0.4, 0.5) is 9.28 Å². The fourth-order valence-electron chi connectivity index (χ4n) is 1.19. The third-order valence-corrected chi connectivity index (χ3v) is 1.88. The van der Waals surface area contributed by atoms with Gasteiger partial charge in [0, 0.05) is 26.2 Å². The average Bonchev–Trinajstić information content (AvgIpc) is 2.02. The Kier molecular flexibility index (Phi) is 3.31. The summed E-state index contributed by atoms with van der Waals surface area (Å²) in [5.74, 6) is 0. The first-order chi connectivity index (χ1) is 6.38. The molecule has 14 heavy (non-hydrogen) atoms. The van der Waals surface area contributed by atoms with Gasteiger partial charge in [-0.05, 0) is 20.8 Å². The quantitative estimate of drug-likeness (QED) is 0.559. The second kappa shape index (κ2) is 4.13. The third-order valence-electron chi connectivity index (χ3n) is 1.88. The van der Waals surface area contributed by atoms with E-state index in [0.717, 1.165) is 0 Å². The number of hydrogen-bond acceptors (Lipinski definition) is 3. The molecule has 5 heteroatoms. The Balaban J connectivity index is 2.38. The Bertz CT molecular complexity index is 207. The van der Waals surface area contributed by atoms with Crippen molar-refractivity contribution in [3.05, 3.63) is 0 Å². The summed E-state index contributed by atoms with van der Waals surface area (Å²) in [5, 5.41) is 0.709. The van der Waals surface area contributed by atoms with E-state index in [2.05, 4.69) is 0 Å². The Labute approximate surface area is 83.5 Å². The van der Waals surface area contributed by atoms with Crippen molar-refractivity contribution in [2.75, 3.05) is 26.2 Å².